The van der Waals surface area contributed by atoms with Crippen molar-refractivity contribution < 1.29 is 27.9 Å². The number of nitrogens with zero attached hydrogens (tertiary/aromatic N) is 3. The van der Waals surface area contributed by atoms with Gasteiger partial charge in [0.05, 0.1) is 18.1 Å². The van der Waals surface area contributed by atoms with Gasteiger partial charge in [0, 0.05) is 52.1 Å². The number of hydrogen-bond donors (Lipinski definition) is 2. The van der Waals surface area contributed by atoms with Crippen LogP contribution >= 0.6 is 0 Å². The predicted octanol–water partition coefficient (Wildman–Crippen LogP) is -0.273. The summed E-state index contributed by atoms with van der Waals surface area (Å²) in [5, 5.41) is 9.80. The maximum Gasteiger partial charge on any atom is 0.290 e. The van der Waals surface area contributed by atoms with Crippen LogP contribution in [-0.4, -0.2) is 85.4 Å². The number of carbonyl (C=O) groups excluding carboxylic acids is 1. The lowest BCUT2D eigenvalue weighted by atomic mass is 9.91. The molecule has 1 aromatic rings. The Balaban J connectivity index is 0.000000941. The van der Waals surface area contributed by atoms with Gasteiger partial charge in [0.25, 0.3) is 16.7 Å². The van der Waals surface area contributed by atoms with Gasteiger partial charge in [0.1, 0.15) is 0 Å². The quantitative estimate of drug-likeness (QED) is 0.597. The van der Waals surface area contributed by atoms with E-state index in [-0.39, 0.29) is 31.1 Å². The Bertz CT molecular complexity index is 774. The zero-order valence-electron chi connectivity index (χ0n) is 16.6. The van der Waals surface area contributed by atoms with Gasteiger partial charge in [-0.2, -0.15) is 17.0 Å². The van der Waals surface area contributed by atoms with E-state index in [4.69, 9.17) is 14.6 Å². The molecule has 29 heavy (non-hydrogen) atoms. The summed E-state index contributed by atoms with van der Waals surface area (Å²) in [5.41, 5.74) is 0.910. The molecule has 0 unspecified atom stereocenters. The first kappa shape index (κ1) is 23.2. The standard InChI is InChI=1S/C17H26N4O4S.CH2O2/c1-20(2)26(23,24)21-12-13(11-16-15(21)7-10-25-16)17(22)19-9-6-14-5-3-4-8-18-14;2-1-3/h3-5,8,13,15-16H,6-7,9-12H2,1-2H3,(H,19,22);1H,(H,2,3)/t13-,15+,16+;/m0./s1. The van der Waals surface area contributed by atoms with E-state index >= 15 is 0 Å². The van der Waals surface area contributed by atoms with E-state index in [0.29, 0.717) is 32.4 Å². The highest BCUT2D eigenvalue weighted by atomic mass is 32.2. The van der Waals surface area contributed by atoms with Crippen molar-refractivity contribution in [2.45, 2.75) is 31.4 Å². The van der Waals surface area contributed by atoms with Crippen molar-refractivity contribution in [2.75, 3.05) is 33.8 Å². The fourth-order valence-electron chi connectivity index (χ4n) is 3.57. The molecule has 0 radical (unpaired) electrons. The average molecular weight is 429 g/mol. The van der Waals surface area contributed by atoms with Crippen molar-refractivity contribution in [3.05, 3.63) is 30.1 Å². The number of aromatic nitrogens is 1. The molecule has 1 aromatic heterocycles. The van der Waals surface area contributed by atoms with Crippen molar-refractivity contribution in [2.24, 2.45) is 5.92 Å². The second kappa shape index (κ2) is 10.6. The summed E-state index contributed by atoms with van der Waals surface area (Å²) in [6, 6.07) is 5.49. The zero-order chi connectivity index (χ0) is 21.4. The molecule has 162 valence electrons. The van der Waals surface area contributed by atoms with Gasteiger partial charge in [-0.25, -0.2) is 0 Å². The van der Waals surface area contributed by atoms with Gasteiger partial charge < -0.3 is 15.2 Å². The molecule has 0 aliphatic carbocycles. The molecule has 2 fully saturated rings. The lowest BCUT2D eigenvalue weighted by Gasteiger charge is -2.40. The third-order valence-corrected chi connectivity index (χ3v) is 6.93. The highest BCUT2D eigenvalue weighted by Crippen LogP contribution is 2.33. The van der Waals surface area contributed by atoms with Gasteiger partial charge in [-0.15, -0.1) is 0 Å². The minimum absolute atomic E-state index is 0.131. The maximum absolute atomic E-state index is 12.7. The van der Waals surface area contributed by atoms with E-state index in [1.54, 1.807) is 6.20 Å². The van der Waals surface area contributed by atoms with E-state index in [1.165, 1.54) is 22.7 Å². The highest BCUT2D eigenvalue weighted by molar-refractivity contribution is 7.86. The van der Waals surface area contributed by atoms with Crippen molar-refractivity contribution in [3.63, 3.8) is 0 Å². The Labute approximate surface area is 171 Å². The number of fused-ring (bicyclic) bond motifs is 1. The minimum Gasteiger partial charge on any atom is -0.483 e. The molecule has 1 amide bonds. The summed E-state index contributed by atoms with van der Waals surface area (Å²) in [7, 11) is -0.566. The first-order valence-corrected chi connectivity index (χ1v) is 10.8. The molecule has 11 heteroatoms. The van der Waals surface area contributed by atoms with E-state index in [9.17, 15) is 13.2 Å². The molecule has 2 aliphatic rings. The summed E-state index contributed by atoms with van der Waals surface area (Å²) in [4.78, 5) is 25.2. The maximum atomic E-state index is 12.7. The number of carbonyl (C=O) groups is 2. The van der Waals surface area contributed by atoms with Crippen LogP contribution in [0.3, 0.4) is 0 Å². The second-order valence-electron chi connectivity index (χ2n) is 7.03. The summed E-state index contributed by atoms with van der Waals surface area (Å²) in [5.74, 6) is -0.540. The number of amides is 1. The molecule has 3 heterocycles. The molecule has 2 N–H and O–H groups in total. The third-order valence-electron chi connectivity index (χ3n) is 5.00. The van der Waals surface area contributed by atoms with Gasteiger partial charge in [-0.3, -0.25) is 14.6 Å². The Hall–Kier alpha value is -2.08. The van der Waals surface area contributed by atoms with Crippen LogP contribution in [0.15, 0.2) is 24.4 Å². The SMILES string of the molecule is CN(C)S(=O)(=O)N1C[C@@H](C(=O)NCCc2ccccn2)C[C@H]2OCC[C@H]21.O=CO. The number of pyridine rings is 1. The molecular weight excluding hydrogens is 400 g/mol. The molecular formula is C18H28N4O6S. The van der Waals surface area contributed by atoms with E-state index in [1.807, 2.05) is 18.2 Å². The Morgan fingerprint density at radius 2 is 2.17 bits per heavy atom. The Morgan fingerprint density at radius 1 is 1.45 bits per heavy atom. The number of nitrogens with one attached hydrogen (secondary N) is 1. The number of rotatable bonds is 6. The van der Waals surface area contributed by atoms with Gasteiger partial charge in [0.15, 0.2) is 0 Å². The summed E-state index contributed by atoms with van der Waals surface area (Å²) in [6.45, 7) is 0.949. The molecule has 2 saturated heterocycles. The van der Waals surface area contributed by atoms with E-state index in [0.717, 1.165) is 5.69 Å². The third kappa shape index (κ3) is 5.95. The van der Waals surface area contributed by atoms with Crippen molar-refractivity contribution in [1.29, 1.82) is 0 Å². The molecule has 0 bridgehead atoms. The van der Waals surface area contributed by atoms with Gasteiger partial charge in [-0.05, 0) is 25.0 Å². The zero-order valence-corrected chi connectivity index (χ0v) is 17.4. The van der Waals surface area contributed by atoms with E-state index in [2.05, 4.69) is 10.3 Å². The molecule has 3 atom stereocenters. The average Bonchev–Trinajstić information content (AvgIpc) is 3.17. The molecule has 2 aliphatic heterocycles. The molecule has 0 spiro atoms. The molecule has 10 nitrogen and oxygen atoms in total. The number of piperidine rings is 1. The van der Waals surface area contributed by atoms with Gasteiger partial charge in [0.2, 0.25) is 5.91 Å². The summed E-state index contributed by atoms with van der Waals surface area (Å²) < 4.78 is 33.6. The lowest BCUT2D eigenvalue weighted by molar-refractivity contribution is -0.128. The van der Waals surface area contributed by atoms with Crippen LogP contribution in [0.1, 0.15) is 18.5 Å². The van der Waals surface area contributed by atoms with Crippen LogP contribution in [0.5, 0.6) is 0 Å². The number of hydrogen-bond acceptors (Lipinski definition) is 6. The molecule has 0 aromatic carbocycles. The van der Waals surface area contributed by atoms with Crippen LogP contribution in [0.25, 0.3) is 0 Å². The minimum atomic E-state index is -3.59. The van der Waals surface area contributed by atoms with Crippen molar-refractivity contribution in [1.82, 2.24) is 18.9 Å². The van der Waals surface area contributed by atoms with Crippen LogP contribution in [0, 0.1) is 5.92 Å². The Morgan fingerprint density at radius 3 is 2.79 bits per heavy atom. The second-order valence-corrected chi connectivity index (χ2v) is 9.12. The number of carboxylic acid groups (broad SMARTS) is 1. The smallest absolute Gasteiger partial charge is 0.290 e. The normalized spacial score (nSPS) is 24.3. The topological polar surface area (TPSA) is 129 Å². The monoisotopic (exact) mass is 428 g/mol. The summed E-state index contributed by atoms with van der Waals surface area (Å²) >= 11 is 0. The van der Waals surface area contributed by atoms with Crippen LogP contribution in [0.4, 0.5) is 0 Å². The van der Waals surface area contributed by atoms with Crippen LogP contribution in [-0.2, 0) is 31.0 Å². The lowest BCUT2D eigenvalue weighted by Crippen LogP contribution is -2.57. The van der Waals surface area contributed by atoms with Crippen LogP contribution < -0.4 is 5.32 Å². The van der Waals surface area contributed by atoms with Crippen LogP contribution in [0.2, 0.25) is 0 Å². The predicted molar refractivity (Wildman–Crippen MR) is 105 cm³/mol. The van der Waals surface area contributed by atoms with Crippen molar-refractivity contribution >= 4 is 22.6 Å². The summed E-state index contributed by atoms with van der Waals surface area (Å²) in [6.07, 6.45) is 3.37. The van der Waals surface area contributed by atoms with Crippen molar-refractivity contribution in [3.8, 4) is 0 Å². The molecule has 0 saturated carbocycles. The molecule has 3 rings (SSSR count). The largest absolute Gasteiger partial charge is 0.483 e. The fourth-order valence-corrected chi connectivity index (χ4v) is 4.94. The van der Waals surface area contributed by atoms with Gasteiger partial charge in [-0.1, -0.05) is 6.07 Å². The number of ether oxygens (including phenoxy) is 1. The first-order valence-electron chi connectivity index (χ1n) is 9.37. The Kier molecular flexibility index (Phi) is 8.50. The first-order chi connectivity index (χ1) is 13.8. The highest BCUT2D eigenvalue weighted by Gasteiger charge is 2.47. The van der Waals surface area contributed by atoms with Gasteiger partial charge >= 0.3 is 0 Å². The fraction of sp³-hybridized carbons (Fsp3) is 0.611. The van der Waals surface area contributed by atoms with E-state index < -0.39 is 16.1 Å².